The number of hydrogen-bond acceptors (Lipinski definition) is 2. The predicted octanol–water partition coefficient (Wildman–Crippen LogP) is 3.37. The van der Waals surface area contributed by atoms with E-state index >= 15 is 0 Å². The molecule has 2 rings (SSSR count). The van der Waals surface area contributed by atoms with Crippen molar-refractivity contribution >= 4 is 27.3 Å². The largest absolute Gasteiger partial charge is 0.319 e. The van der Waals surface area contributed by atoms with Crippen LogP contribution in [-0.2, 0) is 20.1 Å². The third-order valence-electron chi connectivity index (χ3n) is 1.41. The summed E-state index contributed by atoms with van der Waals surface area (Å²) < 4.78 is 1.09. The van der Waals surface area contributed by atoms with Gasteiger partial charge in [-0.2, -0.15) is 12.1 Å². The standard InChI is InChI=1S/C9H5BrNS.Ir/c10-9-5-4-8(12-9)7-3-1-2-6-11-7;/h1-3,5-6H;/q-1;. The van der Waals surface area contributed by atoms with Gasteiger partial charge in [0, 0.05) is 26.3 Å². The van der Waals surface area contributed by atoms with Crippen LogP contribution in [0.2, 0.25) is 0 Å². The molecule has 2 aromatic rings. The van der Waals surface area contributed by atoms with Crippen molar-refractivity contribution in [3.05, 3.63) is 40.3 Å². The van der Waals surface area contributed by atoms with Crippen LogP contribution in [0.15, 0.2) is 34.2 Å². The summed E-state index contributed by atoms with van der Waals surface area (Å²) in [7, 11) is 0. The third kappa shape index (κ3) is 2.71. The van der Waals surface area contributed by atoms with Gasteiger partial charge in [-0.15, -0.1) is 15.9 Å². The monoisotopic (exact) mass is 431 g/mol. The van der Waals surface area contributed by atoms with Crippen LogP contribution < -0.4 is 0 Å². The average molecular weight is 431 g/mol. The van der Waals surface area contributed by atoms with E-state index in [9.17, 15) is 0 Å². The zero-order valence-corrected chi connectivity index (χ0v) is 11.3. The first kappa shape index (κ1) is 11.1. The molecule has 0 saturated carbocycles. The minimum Gasteiger partial charge on any atom is -0.319 e. The van der Waals surface area contributed by atoms with Crippen LogP contribution in [0.3, 0.4) is 0 Å². The first-order chi connectivity index (χ1) is 5.86. The van der Waals surface area contributed by atoms with Gasteiger partial charge < -0.3 is 4.98 Å². The molecule has 4 heteroatoms. The van der Waals surface area contributed by atoms with Crippen molar-refractivity contribution in [3.63, 3.8) is 0 Å². The SMILES string of the molecule is Brc1c[c-]c(-c2ccccn2)s1.[Ir]. The summed E-state index contributed by atoms with van der Waals surface area (Å²) in [6.45, 7) is 0. The number of halogens is 1. The number of thiophene rings is 1. The molecule has 0 bridgehead atoms. The Balaban J connectivity index is 0.000000845. The van der Waals surface area contributed by atoms with E-state index in [1.54, 1.807) is 17.5 Å². The summed E-state index contributed by atoms with van der Waals surface area (Å²) in [4.78, 5) is 5.29. The molecule has 0 atom stereocenters. The van der Waals surface area contributed by atoms with Gasteiger partial charge in [-0.25, -0.2) is 11.3 Å². The van der Waals surface area contributed by atoms with Gasteiger partial charge in [-0.3, -0.25) is 0 Å². The molecule has 1 nitrogen and oxygen atoms in total. The maximum atomic E-state index is 4.22. The molecule has 2 aromatic heterocycles. The Morgan fingerprint density at radius 1 is 1.38 bits per heavy atom. The third-order valence-corrected chi connectivity index (χ3v) is 2.97. The van der Waals surface area contributed by atoms with E-state index in [2.05, 4.69) is 27.0 Å². The van der Waals surface area contributed by atoms with Crippen molar-refractivity contribution in [2.45, 2.75) is 0 Å². The fraction of sp³-hybridized carbons (Fsp3) is 0. The first-order valence-corrected chi connectivity index (χ1v) is 5.05. The van der Waals surface area contributed by atoms with Crippen molar-refractivity contribution in [2.24, 2.45) is 0 Å². The fourth-order valence-electron chi connectivity index (χ4n) is 0.902. The summed E-state index contributed by atoms with van der Waals surface area (Å²) in [5, 5.41) is 0. The van der Waals surface area contributed by atoms with E-state index in [0.717, 1.165) is 14.4 Å². The van der Waals surface area contributed by atoms with Gasteiger partial charge in [0.25, 0.3) is 0 Å². The van der Waals surface area contributed by atoms with Crippen molar-refractivity contribution in [3.8, 4) is 10.6 Å². The van der Waals surface area contributed by atoms with Crippen LogP contribution in [0.4, 0.5) is 0 Å². The van der Waals surface area contributed by atoms with Gasteiger partial charge in [0.15, 0.2) is 0 Å². The summed E-state index contributed by atoms with van der Waals surface area (Å²) >= 11 is 5.03. The van der Waals surface area contributed by atoms with Gasteiger partial charge in [0.05, 0.1) is 0 Å². The molecule has 0 aromatic carbocycles. The van der Waals surface area contributed by atoms with Crippen LogP contribution in [0.25, 0.3) is 10.6 Å². The van der Waals surface area contributed by atoms with Gasteiger partial charge in [0.1, 0.15) is 0 Å². The maximum Gasteiger partial charge on any atom is 0.0124 e. The Kier molecular flexibility index (Phi) is 4.26. The predicted molar refractivity (Wildman–Crippen MR) is 54.1 cm³/mol. The van der Waals surface area contributed by atoms with Gasteiger partial charge in [-0.1, -0.05) is 17.0 Å². The smallest absolute Gasteiger partial charge is 0.0124 e. The van der Waals surface area contributed by atoms with E-state index in [1.807, 2.05) is 24.3 Å². The van der Waals surface area contributed by atoms with Gasteiger partial charge in [0.2, 0.25) is 0 Å². The molecule has 0 aliphatic carbocycles. The molecule has 0 unspecified atom stereocenters. The molecule has 2 heterocycles. The topological polar surface area (TPSA) is 12.9 Å². The average Bonchev–Trinajstić information content (AvgIpc) is 2.54. The van der Waals surface area contributed by atoms with Crippen molar-refractivity contribution in [1.29, 1.82) is 0 Å². The molecule has 0 saturated heterocycles. The molecule has 0 aliphatic rings. The van der Waals surface area contributed by atoms with Crippen molar-refractivity contribution in [1.82, 2.24) is 4.98 Å². The fourth-order valence-corrected chi connectivity index (χ4v) is 2.16. The number of hydrogen-bond donors (Lipinski definition) is 0. The minimum atomic E-state index is 0. The second-order valence-corrected chi connectivity index (χ2v) is 4.67. The molecule has 69 valence electrons. The molecular weight excluding hydrogens is 426 g/mol. The Bertz CT molecular complexity index is 374. The van der Waals surface area contributed by atoms with Gasteiger partial charge >= 0.3 is 0 Å². The zero-order chi connectivity index (χ0) is 8.39. The van der Waals surface area contributed by atoms with Crippen LogP contribution in [0.5, 0.6) is 0 Å². The first-order valence-electron chi connectivity index (χ1n) is 3.45. The molecule has 0 fully saturated rings. The summed E-state index contributed by atoms with van der Waals surface area (Å²) in [5.41, 5.74) is 0.980. The van der Waals surface area contributed by atoms with Crippen molar-refractivity contribution < 1.29 is 20.1 Å². The van der Waals surface area contributed by atoms with E-state index < -0.39 is 0 Å². The molecule has 13 heavy (non-hydrogen) atoms. The Hall–Kier alpha value is -0.0206. The molecular formula is C9H5BrIrNS-. The van der Waals surface area contributed by atoms with Gasteiger partial charge in [-0.05, 0) is 15.5 Å². The number of nitrogens with zero attached hydrogens (tertiary/aromatic N) is 1. The minimum absolute atomic E-state index is 0. The van der Waals surface area contributed by atoms with E-state index in [1.165, 1.54) is 0 Å². The Morgan fingerprint density at radius 2 is 2.23 bits per heavy atom. The molecule has 0 spiro atoms. The quantitative estimate of drug-likeness (QED) is 0.632. The van der Waals surface area contributed by atoms with Crippen LogP contribution in [0.1, 0.15) is 0 Å². The van der Waals surface area contributed by atoms with Crippen LogP contribution in [-0.4, -0.2) is 4.98 Å². The normalized spacial score (nSPS) is 9.31. The van der Waals surface area contributed by atoms with Crippen LogP contribution in [0, 0.1) is 6.07 Å². The number of pyridine rings is 1. The van der Waals surface area contributed by atoms with E-state index in [0.29, 0.717) is 0 Å². The number of aromatic nitrogens is 1. The maximum absolute atomic E-state index is 4.22. The Morgan fingerprint density at radius 3 is 2.77 bits per heavy atom. The van der Waals surface area contributed by atoms with E-state index in [-0.39, 0.29) is 20.1 Å². The molecule has 0 amide bonds. The second kappa shape index (κ2) is 5.01. The van der Waals surface area contributed by atoms with Crippen molar-refractivity contribution in [2.75, 3.05) is 0 Å². The second-order valence-electron chi connectivity index (χ2n) is 2.24. The molecule has 0 aliphatic heterocycles. The zero-order valence-electron chi connectivity index (χ0n) is 6.45. The summed E-state index contributed by atoms with van der Waals surface area (Å²) in [6, 6.07) is 10.9. The summed E-state index contributed by atoms with van der Waals surface area (Å²) in [6.07, 6.45) is 1.79. The number of rotatable bonds is 1. The summed E-state index contributed by atoms with van der Waals surface area (Å²) in [5.74, 6) is 0. The van der Waals surface area contributed by atoms with Crippen LogP contribution >= 0.6 is 27.3 Å². The molecule has 1 radical (unpaired) electrons. The molecule has 0 N–H and O–H groups in total. The van der Waals surface area contributed by atoms with E-state index in [4.69, 9.17) is 0 Å². The Labute approximate surface area is 103 Å².